The van der Waals surface area contributed by atoms with E-state index in [2.05, 4.69) is 15.2 Å². The van der Waals surface area contributed by atoms with Gasteiger partial charge in [0.1, 0.15) is 30.5 Å². The number of amidine groups is 1. The number of azo groups is 1. The highest BCUT2D eigenvalue weighted by Gasteiger charge is 2.46. The van der Waals surface area contributed by atoms with Crippen molar-refractivity contribution >= 4 is 11.9 Å². The Kier molecular flexibility index (Phi) is 3.26. The van der Waals surface area contributed by atoms with Gasteiger partial charge in [-0.1, -0.05) is 5.11 Å². The van der Waals surface area contributed by atoms with E-state index in [0.717, 1.165) is 0 Å². The third-order valence-electron chi connectivity index (χ3n) is 2.59. The minimum atomic E-state index is -1.53. The van der Waals surface area contributed by atoms with Gasteiger partial charge in [-0.05, 0) is 0 Å². The van der Waals surface area contributed by atoms with Crippen molar-refractivity contribution in [3.05, 3.63) is 0 Å². The van der Waals surface area contributed by atoms with E-state index in [-0.39, 0.29) is 5.84 Å². The topological polar surface area (TPSA) is 144 Å². The van der Waals surface area contributed by atoms with Gasteiger partial charge in [0.2, 0.25) is 0 Å². The molecule has 0 aromatic carbocycles. The fourth-order valence-corrected chi connectivity index (χ4v) is 1.67. The summed E-state index contributed by atoms with van der Waals surface area (Å²) in [5.41, 5.74) is 0. The Morgan fingerprint density at radius 1 is 1.12 bits per heavy atom. The Hall–Kier alpha value is -1.26. The molecule has 1 saturated heterocycles. The van der Waals surface area contributed by atoms with Gasteiger partial charge in [-0.2, -0.15) is 4.99 Å². The van der Waals surface area contributed by atoms with E-state index >= 15 is 0 Å². The molecule has 5 atom stereocenters. The summed E-state index contributed by atoms with van der Waals surface area (Å²) in [6, 6.07) is -0.836. The summed E-state index contributed by atoms with van der Waals surface area (Å²) in [6.45, 7) is -0.556. The van der Waals surface area contributed by atoms with Crippen LogP contribution in [0.1, 0.15) is 0 Å². The molecule has 17 heavy (non-hydrogen) atoms. The van der Waals surface area contributed by atoms with Crippen LogP contribution >= 0.6 is 0 Å². The van der Waals surface area contributed by atoms with Crippen LogP contribution < -0.4 is 0 Å². The number of hydrogen-bond acceptors (Lipinski definition) is 7. The summed E-state index contributed by atoms with van der Waals surface area (Å²) in [7, 11) is 0. The monoisotopic (exact) mass is 245 g/mol. The number of nitrogens with zero attached hydrogens (tertiary/aromatic N) is 3. The molecule has 0 unspecified atom stereocenters. The van der Waals surface area contributed by atoms with Crippen molar-refractivity contribution < 1.29 is 30.0 Å². The summed E-state index contributed by atoms with van der Waals surface area (Å²) in [5, 5.41) is 44.1. The molecule has 2 amide bonds. The van der Waals surface area contributed by atoms with E-state index in [9.17, 15) is 20.1 Å². The van der Waals surface area contributed by atoms with Crippen LogP contribution in [-0.4, -0.2) is 69.4 Å². The number of urea groups is 1. The molecule has 0 saturated carbocycles. The highest BCUT2D eigenvalue weighted by Crippen LogP contribution is 2.23. The molecule has 0 aliphatic carbocycles. The first kappa shape index (κ1) is 12.2. The number of rotatable bonds is 2. The molecule has 2 aliphatic heterocycles. The molecule has 94 valence electrons. The number of amides is 2. The Balaban J connectivity index is 2.20. The average Bonchev–Trinajstić information content (AvgIpc) is 2.73. The third kappa shape index (κ3) is 2.10. The third-order valence-corrected chi connectivity index (χ3v) is 2.59. The van der Waals surface area contributed by atoms with Crippen LogP contribution in [0, 0.1) is 0 Å². The van der Waals surface area contributed by atoms with Gasteiger partial charge in [0.05, 0.1) is 6.61 Å². The Morgan fingerprint density at radius 3 is 2.35 bits per heavy atom. The molecule has 2 aliphatic rings. The molecular weight excluding hydrogens is 234 g/mol. The lowest BCUT2D eigenvalue weighted by atomic mass is 9.94. The zero-order valence-electron chi connectivity index (χ0n) is 8.54. The lowest BCUT2D eigenvalue weighted by Gasteiger charge is -2.38. The number of ether oxygens (including phenoxy) is 1. The molecular formula is C8H11N3O6. The zero-order chi connectivity index (χ0) is 12.6. The first-order valence-electron chi connectivity index (χ1n) is 4.89. The van der Waals surface area contributed by atoms with Crippen LogP contribution in [-0.2, 0) is 4.74 Å². The van der Waals surface area contributed by atoms with E-state index in [1.165, 1.54) is 0 Å². The van der Waals surface area contributed by atoms with Gasteiger partial charge < -0.3 is 25.2 Å². The lowest BCUT2D eigenvalue weighted by molar-refractivity contribution is -0.211. The van der Waals surface area contributed by atoms with Crippen LogP contribution in [0.5, 0.6) is 0 Å². The lowest BCUT2D eigenvalue weighted by Crippen LogP contribution is -2.60. The number of carbonyl (C=O) groups is 1. The summed E-state index contributed by atoms with van der Waals surface area (Å²) in [6.07, 6.45) is -6.76. The van der Waals surface area contributed by atoms with E-state index in [0.29, 0.717) is 0 Å². The summed E-state index contributed by atoms with van der Waals surface area (Å²) < 4.78 is 5.12. The van der Waals surface area contributed by atoms with E-state index in [1.54, 1.807) is 0 Å². The average molecular weight is 245 g/mol. The standard InChI is InChI=1S/C8H11N3O6/c12-1-2-3(13)4(14)5(15)6(17-2)7-9-8(16)11-10-7/h2-6,12-15H,1H2/t2-,3-,4+,5-,6-/m1/s1. The van der Waals surface area contributed by atoms with Gasteiger partial charge in [-0.15, -0.1) is 5.11 Å². The van der Waals surface area contributed by atoms with Crippen LogP contribution in [0.3, 0.4) is 0 Å². The fraction of sp³-hybridized carbons (Fsp3) is 0.750. The smallest absolute Gasteiger partial charge is 0.387 e. The number of hydrogen-bond donors (Lipinski definition) is 4. The summed E-state index contributed by atoms with van der Waals surface area (Å²) >= 11 is 0. The second-order valence-electron chi connectivity index (χ2n) is 3.70. The normalized spacial score (nSPS) is 41.8. The maximum Gasteiger partial charge on any atom is 0.387 e. The molecule has 0 radical (unpaired) electrons. The van der Waals surface area contributed by atoms with Gasteiger partial charge in [0.25, 0.3) is 0 Å². The minimum Gasteiger partial charge on any atom is -0.394 e. The van der Waals surface area contributed by atoms with Crippen molar-refractivity contribution in [1.29, 1.82) is 0 Å². The largest absolute Gasteiger partial charge is 0.394 e. The molecule has 2 rings (SSSR count). The van der Waals surface area contributed by atoms with Gasteiger partial charge in [0.15, 0.2) is 5.84 Å². The first-order chi connectivity index (χ1) is 8.04. The maximum absolute atomic E-state index is 10.8. The van der Waals surface area contributed by atoms with E-state index in [4.69, 9.17) is 9.84 Å². The Morgan fingerprint density at radius 2 is 1.82 bits per heavy atom. The van der Waals surface area contributed by atoms with E-state index < -0.39 is 43.2 Å². The first-order valence-corrected chi connectivity index (χ1v) is 4.89. The van der Waals surface area contributed by atoms with Crippen molar-refractivity contribution in [3.8, 4) is 0 Å². The summed E-state index contributed by atoms with van der Waals surface area (Å²) in [4.78, 5) is 14.1. The zero-order valence-corrected chi connectivity index (χ0v) is 8.54. The number of aliphatic imine (C=N–C) groups is 1. The quantitative estimate of drug-likeness (QED) is 0.435. The molecule has 1 fully saturated rings. The molecule has 0 bridgehead atoms. The van der Waals surface area contributed by atoms with E-state index in [1.807, 2.05) is 0 Å². The van der Waals surface area contributed by atoms with Crippen molar-refractivity contribution in [3.63, 3.8) is 0 Å². The van der Waals surface area contributed by atoms with Crippen LogP contribution in [0.4, 0.5) is 4.79 Å². The fourth-order valence-electron chi connectivity index (χ4n) is 1.67. The van der Waals surface area contributed by atoms with Crippen LogP contribution in [0.25, 0.3) is 0 Å². The highest BCUT2D eigenvalue weighted by atomic mass is 16.5. The predicted molar refractivity (Wildman–Crippen MR) is 51.5 cm³/mol. The van der Waals surface area contributed by atoms with Crippen molar-refractivity contribution in [2.45, 2.75) is 30.5 Å². The SMILES string of the molecule is O=C1N=NC([C@@H]2O[C@H](CO)[C@@H](O)[C@H](O)[C@H]2O)=N1. The van der Waals surface area contributed by atoms with Gasteiger partial charge >= 0.3 is 6.03 Å². The summed E-state index contributed by atoms with van der Waals surface area (Å²) in [5.74, 6) is -0.188. The predicted octanol–water partition coefficient (Wildman–Crippen LogP) is -2.19. The Bertz CT molecular complexity index is 381. The molecule has 9 heteroatoms. The van der Waals surface area contributed by atoms with Crippen LogP contribution in [0.15, 0.2) is 15.2 Å². The van der Waals surface area contributed by atoms with Crippen molar-refractivity contribution in [2.24, 2.45) is 15.2 Å². The molecule has 9 nitrogen and oxygen atoms in total. The molecule has 0 aromatic rings. The molecule has 0 spiro atoms. The highest BCUT2D eigenvalue weighted by molar-refractivity contribution is 6.01. The maximum atomic E-state index is 10.8. The second-order valence-corrected chi connectivity index (χ2v) is 3.70. The Labute approximate surface area is 95.1 Å². The van der Waals surface area contributed by atoms with Crippen molar-refractivity contribution in [2.75, 3.05) is 6.61 Å². The van der Waals surface area contributed by atoms with Crippen LogP contribution in [0.2, 0.25) is 0 Å². The van der Waals surface area contributed by atoms with Gasteiger partial charge in [-0.3, -0.25) is 0 Å². The number of carbonyl (C=O) groups excluding carboxylic acids is 1. The van der Waals surface area contributed by atoms with Crippen molar-refractivity contribution in [1.82, 2.24) is 0 Å². The molecule has 2 heterocycles. The van der Waals surface area contributed by atoms with Gasteiger partial charge in [0, 0.05) is 0 Å². The number of aliphatic hydroxyl groups excluding tert-OH is 4. The molecule has 0 aromatic heterocycles. The second kappa shape index (κ2) is 4.55. The molecule has 4 N–H and O–H groups in total. The van der Waals surface area contributed by atoms with Gasteiger partial charge in [-0.25, -0.2) is 4.79 Å². The number of aliphatic hydroxyl groups is 4. The minimum absolute atomic E-state index is 0.188.